The van der Waals surface area contributed by atoms with Crippen molar-refractivity contribution in [2.45, 2.75) is 6.92 Å². The van der Waals surface area contributed by atoms with E-state index in [0.717, 1.165) is 5.56 Å². The smallest absolute Gasteiger partial charge is 0.859 e. The number of aryl methyl sites for hydroxylation is 1. The molecule has 0 amide bonds. The van der Waals surface area contributed by atoms with Gasteiger partial charge in [-0.15, -0.1) is 0 Å². The zero-order chi connectivity index (χ0) is 5.98. The van der Waals surface area contributed by atoms with Gasteiger partial charge in [-0.2, -0.15) is 0 Å². The maximum Gasteiger partial charge on any atom is 1.00 e. The summed E-state index contributed by atoms with van der Waals surface area (Å²) < 4.78 is 0. The van der Waals surface area contributed by atoms with Crippen LogP contribution in [0.1, 0.15) is 5.56 Å². The van der Waals surface area contributed by atoms with Gasteiger partial charge in [0.25, 0.3) is 0 Å². The topological polar surface area (TPSA) is 36.0 Å². The second-order valence-electron chi connectivity index (χ2n) is 1.67. The second kappa shape index (κ2) is 3.88. The molecular formula is C6H6NNaO. The summed E-state index contributed by atoms with van der Waals surface area (Å²) in [6, 6.07) is 3.20. The first-order valence-electron chi connectivity index (χ1n) is 2.39. The van der Waals surface area contributed by atoms with E-state index in [1.54, 1.807) is 12.3 Å². The van der Waals surface area contributed by atoms with Crippen LogP contribution in [0.3, 0.4) is 0 Å². The van der Waals surface area contributed by atoms with Gasteiger partial charge in [0.15, 0.2) is 0 Å². The van der Waals surface area contributed by atoms with Crippen LogP contribution in [-0.2, 0) is 0 Å². The van der Waals surface area contributed by atoms with E-state index < -0.39 is 0 Å². The van der Waals surface area contributed by atoms with Crippen molar-refractivity contribution in [2.75, 3.05) is 0 Å². The standard InChI is InChI=1S/C6H7NO.Na/c1-5-2-3-6(8)7-4-5;/h2-4H,1H3,(H,7,8);/q;+1/p-1. The number of pyridine rings is 1. The molecule has 0 aliphatic carbocycles. The molecule has 0 radical (unpaired) electrons. The average molecular weight is 131 g/mol. The summed E-state index contributed by atoms with van der Waals surface area (Å²) >= 11 is 0. The number of hydrogen-bond donors (Lipinski definition) is 0. The zero-order valence-corrected chi connectivity index (χ0v) is 7.59. The van der Waals surface area contributed by atoms with Gasteiger partial charge in [0, 0.05) is 6.20 Å². The van der Waals surface area contributed by atoms with Gasteiger partial charge in [-0.1, -0.05) is 12.1 Å². The predicted octanol–water partition coefficient (Wildman–Crippen LogP) is -2.53. The predicted molar refractivity (Wildman–Crippen MR) is 28.4 cm³/mol. The van der Waals surface area contributed by atoms with Gasteiger partial charge in [0.1, 0.15) is 0 Å². The minimum atomic E-state index is -0.171. The maximum atomic E-state index is 10.3. The Balaban J connectivity index is 0.000000640. The zero-order valence-electron chi connectivity index (χ0n) is 5.59. The normalized spacial score (nSPS) is 8.11. The molecule has 1 aromatic rings. The van der Waals surface area contributed by atoms with E-state index in [4.69, 9.17) is 0 Å². The third-order valence-electron chi connectivity index (χ3n) is 0.884. The maximum absolute atomic E-state index is 10.3. The fourth-order valence-electron chi connectivity index (χ4n) is 0.454. The van der Waals surface area contributed by atoms with E-state index in [9.17, 15) is 5.11 Å². The van der Waals surface area contributed by atoms with Crippen molar-refractivity contribution in [3.05, 3.63) is 23.9 Å². The largest absolute Gasteiger partial charge is 1.00 e. The first-order chi connectivity index (χ1) is 3.79. The number of hydrogen-bond acceptors (Lipinski definition) is 2. The molecular weight excluding hydrogens is 125 g/mol. The molecule has 1 rings (SSSR count). The van der Waals surface area contributed by atoms with Gasteiger partial charge in [0.05, 0.1) is 0 Å². The summed E-state index contributed by atoms with van der Waals surface area (Å²) in [5.74, 6) is -0.171. The van der Waals surface area contributed by atoms with Gasteiger partial charge in [0.2, 0.25) is 0 Å². The third-order valence-corrected chi connectivity index (χ3v) is 0.884. The average Bonchev–Trinajstić information content (AvgIpc) is 1.77. The fourth-order valence-corrected chi connectivity index (χ4v) is 0.454. The van der Waals surface area contributed by atoms with Crippen molar-refractivity contribution in [3.8, 4) is 5.88 Å². The molecule has 0 aliphatic rings. The third kappa shape index (κ3) is 2.84. The molecule has 2 nitrogen and oxygen atoms in total. The summed E-state index contributed by atoms with van der Waals surface area (Å²) in [4.78, 5) is 3.52. The monoisotopic (exact) mass is 131 g/mol. The summed E-state index contributed by atoms with van der Waals surface area (Å²) in [5.41, 5.74) is 1.02. The van der Waals surface area contributed by atoms with Gasteiger partial charge >= 0.3 is 29.6 Å². The van der Waals surface area contributed by atoms with Crippen LogP contribution in [0.15, 0.2) is 18.3 Å². The molecule has 9 heavy (non-hydrogen) atoms. The molecule has 0 bridgehead atoms. The SMILES string of the molecule is Cc1ccc([O-])nc1.[Na+]. The van der Waals surface area contributed by atoms with Crippen LogP contribution in [0.2, 0.25) is 0 Å². The van der Waals surface area contributed by atoms with E-state index in [2.05, 4.69) is 4.98 Å². The first-order valence-corrected chi connectivity index (χ1v) is 2.39. The van der Waals surface area contributed by atoms with Gasteiger partial charge in [-0.25, -0.2) is 0 Å². The van der Waals surface area contributed by atoms with Crippen molar-refractivity contribution in [1.82, 2.24) is 4.98 Å². The van der Waals surface area contributed by atoms with Crippen molar-refractivity contribution < 1.29 is 34.7 Å². The molecule has 1 aromatic heterocycles. The second-order valence-corrected chi connectivity index (χ2v) is 1.67. The first kappa shape index (κ1) is 8.95. The Morgan fingerprint density at radius 1 is 1.44 bits per heavy atom. The van der Waals surface area contributed by atoms with Crippen LogP contribution in [0.4, 0.5) is 0 Å². The van der Waals surface area contributed by atoms with E-state index in [1.165, 1.54) is 6.07 Å². The molecule has 0 saturated carbocycles. The Bertz CT molecular complexity index is 152. The molecule has 0 aromatic carbocycles. The summed E-state index contributed by atoms with van der Waals surface area (Å²) in [5, 5.41) is 10.3. The van der Waals surface area contributed by atoms with Gasteiger partial charge < -0.3 is 5.11 Å². The van der Waals surface area contributed by atoms with E-state index in [1.807, 2.05) is 6.92 Å². The molecule has 0 atom stereocenters. The van der Waals surface area contributed by atoms with Crippen molar-refractivity contribution in [2.24, 2.45) is 0 Å². The van der Waals surface area contributed by atoms with Crippen LogP contribution >= 0.6 is 0 Å². The molecule has 0 fully saturated rings. The Morgan fingerprint density at radius 2 is 2.11 bits per heavy atom. The summed E-state index contributed by atoms with van der Waals surface area (Å²) in [6.07, 6.45) is 1.56. The van der Waals surface area contributed by atoms with Crippen molar-refractivity contribution >= 4 is 0 Å². The molecule has 0 saturated heterocycles. The Morgan fingerprint density at radius 3 is 2.44 bits per heavy atom. The van der Waals surface area contributed by atoms with Gasteiger partial charge in [-0.05, 0) is 18.4 Å². The molecule has 0 aliphatic heterocycles. The Kier molecular flexibility index (Phi) is 3.86. The van der Waals surface area contributed by atoms with Crippen LogP contribution in [-0.4, -0.2) is 4.98 Å². The van der Waals surface area contributed by atoms with Crippen LogP contribution in [0, 0.1) is 6.92 Å². The number of nitrogens with zero attached hydrogens (tertiary/aromatic N) is 1. The minimum absolute atomic E-state index is 0. The van der Waals surface area contributed by atoms with Crippen LogP contribution < -0.4 is 34.7 Å². The molecule has 42 valence electrons. The van der Waals surface area contributed by atoms with Crippen LogP contribution in [0.5, 0.6) is 5.88 Å². The molecule has 0 unspecified atom stereocenters. The minimum Gasteiger partial charge on any atom is -0.859 e. The summed E-state index contributed by atoms with van der Waals surface area (Å²) in [7, 11) is 0. The van der Waals surface area contributed by atoms with Crippen molar-refractivity contribution in [1.29, 1.82) is 0 Å². The number of rotatable bonds is 0. The van der Waals surface area contributed by atoms with E-state index in [0.29, 0.717) is 0 Å². The summed E-state index contributed by atoms with van der Waals surface area (Å²) in [6.45, 7) is 1.90. The Hall–Kier alpha value is -0.0500. The van der Waals surface area contributed by atoms with Gasteiger partial charge in [-0.3, -0.25) is 4.98 Å². The fraction of sp³-hybridized carbons (Fsp3) is 0.167. The Labute approximate surface area is 76.2 Å². The number of aromatic nitrogens is 1. The molecule has 0 N–H and O–H groups in total. The molecule has 1 heterocycles. The van der Waals surface area contributed by atoms with Crippen molar-refractivity contribution in [3.63, 3.8) is 0 Å². The molecule has 3 heteroatoms. The van der Waals surface area contributed by atoms with E-state index >= 15 is 0 Å². The molecule has 0 spiro atoms. The van der Waals surface area contributed by atoms with Crippen LogP contribution in [0.25, 0.3) is 0 Å². The van der Waals surface area contributed by atoms with E-state index in [-0.39, 0.29) is 35.4 Å². The quantitative estimate of drug-likeness (QED) is 0.364.